The lowest BCUT2D eigenvalue weighted by Crippen LogP contribution is -2.50. The molecule has 3 aromatic rings. The minimum atomic E-state index is -3.78. The van der Waals surface area contributed by atoms with Gasteiger partial charge in [0.25, 0.3) is 5.91 Å². The molecule has 1 atom stereocenters. The zero-order chi connectivity index (χ0) is 27.6. The molecule has 10 nitrogen and oxygen atoms in total. The number of amides is 2. The van der Waals surface area contributed by atoms with E-state index in [-0.39, 0.29) is 49.7 Å². The molecule has 5 rings (SSSR count). The highest BCUT2D eigenvalue weighted by Gasteiger charge is 2.32. The molecule has 1 unspecified atom stereocenters. The number of anilines is 1. The normalized spacial score (nSPS) is 18.4. The Morgan fingerprint density at radius 3 is 2.51 bits per heavy atom. The van der Waals surface area contributed by atoms with Crippen LogP contribution in [-0.2, 0) is 19.5 Å². The van der Waals surface area contributed by atoms with Crippen LogP contribution in [0.1, 0.15) is 35.7 Å². The highest BCUT2D eigenvalue weighted by Crippen LogP contribution is 2.32. The molecule has 0 bridgehead atoms. The maximum atomic E-state index is 13.7. The lowest BCUT2D eigenvalue weighted by Gasteiger charge is -2.33. The van der Waals surface area contributed by atoms with Crippen molar-refractivity contribution in [1.29, 1.82) is 0 Å². The van der Waals surface area contributed by atoms with Crippen LogP contribution in [0.3, 0.4) is 0 Å². The van der Waals surface area contributed by atoms with E-state index in [0.29, 0.717) is 23.8 Å². The van der Waals surface area contributed by atoms with Crippen molar-refractivity contribution in [1.82, 2.24) is 14.2 Å². The number of benzene rings is 2. The van der Waals surface area contributed by atoms with E-state index in [4.69, 9.17) is 14.5 Å². The first kappa shape index (κ1) is 27.5. The number of piperazine rings is 1. The van der Waals surface area contributed by atoms with Crippen LogP contribution in [-0.4, -0.2) is 86.6 Å². The molecule has 208 valence electrons. The Labute approximate surface area is 232 Å². The summed E-state index contributed by atoms with van der Waals surface area (Å²) in [5.74, 6) is -0.255. The third-order valence-corrected chi connectivity index (χ3v) is 9.96. The van der Waals surface area contributed by atoms with Crippen LogP contribution in [0.5, 0.6) is 0 Å². The summed E-state index contributed by atoms with van der Waals surface area (Å²) in [6, 6.07) is 12.0. The molecule has 12 heteroatoms. The largest absolute Gasteiger partial charge is 0.450 e. The van der Waals surface area contributed by atoms with Gasteiger partial charge in [-0.1, -0.05) is 23.5 Å². The van der Waals surface area contributed by atoms with E-state index in [9.17, 15) is 18.0 Å². The number of aryl methyl sites for hydroxylation is 1. The number of ether oxygens (including phenoxy) is 2. The van der Waals surface area contributed by atoms with Gasteiger partial charge >= 0.3 is 6.09 Å². The maximum Gasteiger partial charge on any atom is 0.409 e. The first-order valence-corrected chi connectivity index (χ1v) is 15.3. The van der Waals surface area contributed by atoms with E-state index in [0.717, 1.165) is 28.6 Å². The zero-order valence-corrected chi connectivity index (χ0v) is 23.7. The second-order valence-corrected chi connectivity index (χ2v) is 12.5. The first-order chi connectivity index (χ1) is 18.8. The van der Waals surface area contributed by atoms with E-state index < -0.39 is 16.1 Å². The van der Waals surface area contributed by atoms with Gasteiger partial charge in [-0.2, -0.15) is 4.31 Å². The lowest BCUT2D eigenvalue weighted by atomic mass is 10.2. The Morgan fingerprint density at radius 1 is 1.13 bits per heavy atom. The van der Waals surface area contributed by atoms with Crippen molar-refractivity contribution in [2.45, 2.75) is 37.7 Å². The van der Waals surface area contributed by atoms with Crippen LogP contribution in [0.15, 0.2) is 47.4 Å². The topological polar surface area (TPSA) is 109 Å². The molecule has 0 saturated carbocycles. The Morgan fingerprint density at radius 2 is 1.87 bits per heavy atom. The molecule has 2 aliphatic heterocycles. The summed E-state index contributed by atoms with van der Waals surface area (Å²) in [4.78, 5) is 33.7. The van der Waals surface area contributed by atoms with Crippen LogP contribution in [0.4, 0.5) is 9.93 Å². The molecule has 0 N–H and O–H groups in total. The lowest BCUT2D eigenvalue weighted by molar-refractivity contribution is 0.0916. The third kappa shape index (κ3) is 5.79. The minimum Gasteiger partial charge on any atom is -0.450 e. The average molecular weight is 573 g/mol. The van der Waals surface area contributed by atoms with Crippen molar-refractivity contribution in [3.8, 4) is 0 Å². The van der Waals surface area contributed by atoms with Gasteiger partial charge in [-0.25, -0.2) is 18.2 Å². The van der Waals surface area contributed by atoms with Gasteiger partial charge in [0.2, 0.25) is 10.0 Å². The highest BCUT2D eigenvalue weighted by atomic mass is 32.2. The number of hydrogen-bond donors (Lipinski definition) is 0. The first-order valence-electron chi connectivity index (χ1n) is 13.1. The molecule has 39 heavy (non-hydrogen) atoms. The second kappa shape index (κ2) is 11.6. The molecule has 2 aromatic carbocycles. The molecule has 1 aromatic heterocycles. The Bertz CT molecular complexity index is 1440. The summed E-state index contributed by atoms with van der Waals surface area (Å²) in [5, 5.41) is 0.593. The third-order valence-electron chi connectivity index (χ3n) is 7.00. The van der Waals surface area contributed by atoms with Crippen molar-refractivity contribution >= 4 is 48.7 Å². The SMILES string of the molecule is CCOC(=O)N1CCN(S(=O)(=O)c2ccc(C(=O)N(CC3CCCO3)c3nc4c(C)cccc4s3)cc2)CC1. The number of carbonyl (C=O) groups excluding carboxylic acids is 2. The monoisotopic (exact) mass is 572 g/mol. The van der Waals surface area contributed by atoms with E-state index in [1.54, 1.807) is 24.0 Å². The van der Waals surface area contributed by atoms with Gasteiger partial charge < -0.3 is 14.4 Å². The molecule has 0 aliphatic carbocycles. The fourth-order valence-electron chi connectivity index (χ4n) is 4.83. The molecular weight excluding hydrogens is 540 g/mol. The molecule has 0 spiro atoms. The van der Waals surface area contributed by atoms with Crippen LogP contribution in [0.2, 0.25) is 0 Å². The van der Waals surface area contributed by atoms with Gasteiger partial charge in [0, 0.05) is 38.3 Å². The summed E-state index contributed by atoms with van der Waals surface area (Å²) in [6.07, 6.45) is 1.31. The molecule has 2 amide bonds. The van der Waals surface area contributed by atoms with Gasteiger partial charge in [-0.05, 0) is 62.6 Å². The van der Waals surface area contributed by atoms with Crippen LogP contribution in [0.25, 0.3) is 10.2 Å². The maximum absolute atomic E-state index is 13.7. The van der Waals surface area contributed by atoms with Gasteiger partial charge in [0.15, 0.2) is 5.13 Å². The average Bonchev–Trinajstić information content (AvgIpc) is 3.62. The van der Waals surface area contributed by atoms with Crippen LogP contribution in [0, 0.1) is 6.92 Å². The van der Waals surface area contributed by atoms with Crippen molar-refractivity contribution in [3.63, 3.8) is 0 Å². The van der Waals surface area contributed by atoms with Gasteiger partial charge in [0.05, 0.1) is 34.4 Å². The fraction of sp³-hybridized carbons (Fsp3) is 0.444. The zero-order valence-electron chi connectivity index (χ0n) is 22.0. The quantitative estimate of drug-likeness (QED) is 0.423. The number of sulfonamides is 1. The molecule has 2 saturated heterocycles. The molecule has 0 radical (unpaired) electrons. The summed E-state index contributed by atoms with van der Waals surface area (Å²) in [6.45, 7) is 5.91. The number of fused-ring (bicyclic) bond motifs is 1. The van der Waals surface area contributed by atoms with E-state index >= 15 is 0 Å². The number of thiazole rings is 1. The number of hydrogen-bond acceptors (Lipinski definition) is 8. The van der Waals surface area contributed by atoms with Gasteiger partial charge in [-0.15, -0.1) is 0 Å². The number of aromatic nitrogens is 1. The minimum absolute atomic E-state index is 0.0741. The van der Waals surface area contributed by atoms with Crippen LogP contribution < -0.4 is 4.90 Å². The number of carbonyl (C=O) groups is 2. The highest BCUT2D eigenvalue weighted by molar-refractivity contribution is 7.89. The predicted octanol–water partition coefficient (Wildman–Crippen LogP) is 3.89. The standard InChI is InChI=1S/C27H32N4O6S2/c1-3-36-27(33)29-13-15-30(16-14-29)39(34,35)22-11-9-20(10-12-22)25(32)31(18-21-7-5-17-37-21)26-28-24-19(2)6-4-8-23(24)38-26/h4,6,8-12,21H,3,5,7,13-18H2,1-2H3. The Balaban J connectivity index is 1.35. The van der Waals surface area contributed by atoms with E-state index in [1.165, 1.54) is 32.7 Å². The van der Waals surface area contributed by atoms with Crippen molar-refractivity contribution in [3.05, 3.63) is 53.6 Å². The molecular formula is C27H32N4O6S2. The Kier molecular flexibility index (Phi) is 8.17. The van der Waals surface area contributed by atoms with Crippen LogP contribution >= 0.6 is 11.3 Å². The summed E-state index contributed by atoms with van der Waals surface area (Å²) in [5.41, 5.74) is 2.28. The molecule has 3 heterocycles. The number of rotatable bonds is 7. The number of para-hydroxylation sites is 1. The predicted molar refractivity (Wildman–Crippen MR) is 149 cm³/mol. The number of nitrogens with zero attached hydrogens (tertiary/aromatic N) is 4. The van der Waals surface area contributed by atoms with Crippen molar-refractivity contribution in [2.75, 3.05) is 50.8 Å². The summed E-state index contributed by atoms with van der Waals surface area (Å²) >= 11 is 1.46. The summed E-state index contributed by atoms with van der Waals surface area (Å²) < 4.78 is 39.7. The molecule has 2 fully saturated rings. The Hall–Kier alpha value is -3.06. The smallest absolute Gasteiger partial charge is 0.409 e. The van der Waals surface area contributed by atoms with Crippen molar-refractivity contribution in [2.24, 2.45) is 0 Å². The van der Waals surface area contributed by atoms with Gasteiger partial charge in [0.1, 0.15) is 0 Å². The van der Waals surface area contributed by atoms with E-state index in [1.807, 2.05) is 25.1 Å². The van der Waals surface area contributed by atoms with Crippen molar-refractivity contribution < 1.29 is 27.5 Å². The van der Waals surface area contributed by atoms with E-state index in [2.05, 4.69) is 0 Å². The van der Waals surface area contributed by atoms with Gasteiger partial charge in [-0.3, -0.25) is 9.69 Å². The second-order valence-electron chi connectivity index (χ2n) is 9.58. The molecule has 2 aliphatic rings. The fourth-order valence-corrected chi connectivity index (χ4v) is 7.30. The summed E-state index contributed by atoms with van der Waals surface area (Å²) in [7, 11) is -3.78.